The van der Waals surface area contributed by atoms with Gasteiger partial charge in [0.1, 0.15) is 5.75 Å². The van der Waals surface area contributed by atoms with Gasteiger partial charge in [-0.15, -0.1) is 11.8 Å². The van der Waals surface area contributed by atoms with Crippen LogP contribution in [0.1, 0.15) is 20.7 Å². The Labute approximate surface area is 126 Å². The number of phenolic OH excluding ortho intramolecular Hbond substituents is 1. The summed E-state index contributed by atoms with van der Waals surface area (Å²) in [5.74, 6) is 0.402. The van der Waals surface area contributed by atoms with Crippen molar-refractivity contribution in [2.24, 2.45) is 0 Å². The van der Waals surface area contributed by atoms with Crippen molar-refractivity contribution < 1.29 is 14.7 Å². The average Bonchev–Trinajstić information content (AvgIpc) is 2.75. The van der Waals surface area contributed by atoms with E-state index < -0.39 is 0 Å². The lowest BCUT2D eigenvalue weighted by atomic mass is 10.1. The van der Waals surface area contributed by atoms with Crippen LogP contribution in [0.3, 0.4) is 0 Å². The van der Waals surface area contributed by atoms with E-state index >= 15 is 0 Å². The van der Waals surface area contributed by atoms with Crippen molar-refractivity contribution in [1.82, 2.24) is 4.90 Å². The van der Waals surface area contributed by atoms with E-state index in [1.807, 2.05) is 12.1 Å². The third kappa shape index (κ3) is 2.64. The van der Waals surface area contributed by atoms with Crippen molar-refractivity contribution in [2.75, 3.05) is 12.3 Å². The summed E-state index contributed by atoms with van der Waals surface area (Å²) in [5, 5.41) is 9.22. The van der Waals surface area contributed by atoms with Crippen molar-refractivity contribution in [2.45, 2.75) is 4.90 Å². The van der Waals surface area contributed by atoms with Gasteiger partial charge in [-0.05, 0) is 36.4 Å². The van der Waals surface area contributed by atoms with Crippen LogP contribution in [0.5, 0.6) is 5.75 Å². The Morgan fingerprint density at radius 3 is 2.05 bits per heavy atom. The summed E-state index contributed by atoms with van der Waals surface area (Å²) in [6.45, 7) is 0.373. The first-order valence-electron chi connectivity index (χ1n) is 6.54. The number of hydrogen-bond acceptors (Lipinski definition) is 4. The van der Waals surface area contributed by atoms with Crippen molar-refractivity contribution in [1.29, 1.82) is 0 Å². The summed E-state index contributed by atoms with van der Waals surface area (Å²) in [5.41, 5.74) is 0.967. The molecule has 0 saturated carbocycles. The predicted molar refractivity (Wildman–Crippen MR) is 80.6 cm³/mol. The van der Waals surface area contributed by atoms with Gasteiger partial charge in [-0.3, -0.25) is 14.5 Å². The van der Waals surface area contributed by atoms with Gasteiger partial charge in [0.25, 0.3) is 11.8 Å². The molecular weight excluding hydrogens is 286 g/mol. The molecule has 0 atom stereocenters. The minimum atomic E-state index is -0.220. The maximum Gasteiger partial charge on any atom is 0.261 e. The lowest BCUT2D eigenvalue weighted by molar-refractivity contribution is 0.0664. The van der Waals surface area contributed by atoms with Crippen molar-refractivity contribution in [3.8, 4) is 5.75 Å². The van der Waals surface area contributed by atoms with Crippen molar-refractivity contribution in [3.63, 3.8) is 0 Å². The molecule has 0 fully saturated rings. The second-order valence-electron chi connectivity index (χ2n) is 4.65. The van der Waals surface area contributed by atoms with Crippen LogP contribution in [-0.4, -0.2) is 34.1 Å². The molecule has 21 heavy (non-hydrogen) atoms. The normalized spacial score (nSPS) is 13.6. The number of fused-ring (bicyclic) bond motifs is 1. The molecule has 106 valence electrons. The lowest BCUT2D eigenvalue weighted by Crippen LogP contribution is -2.31. The first-order chi connectivity index (χ1) is 10.2. The van der Waals surface area contributed by atoms with Crippen LogP contribution in [0.25, 0.3) is 0 Å². The van der Waals surface area contributed by atoms with Gasteiger partial charge in [0, 0.05) is 17.2 Å². The van der Waals surface area contributed by atoms with Gasteiger partial charge < -0.3 is 5.11 Å². The van der Waals surface area contributed by atoms with E-state index in [1.54, 1.807) is 48.2 Å². The Morgan fingerprint density at radius 1 is 0.905 bits per heavy atom. The number of phenols is 1. The van der Waals surface area contributed by atoms with E-state index in [2.05, 4.69) is 0 Å². The molecule has 1 aliphatic heterocycles. The van der Waals surface area contributed by atoms with E-state index in [0.717, 1.165) is 4.90 Å². The van der Waals surface area contributed by atoms with Gasteiger partial charge in [0.15, 0.2) is 0 Å². The Kier molecular flexibility index (Phi) is 3.66. The fourth-order valence-electron chi connectivity index (χ4n) is 2.24. The molecule has 2 amide bonds. The van der Waals surface area contributed by atoms with Gasteiger partial charge in [0.2, 0.25) is 0 Å². The number of nitrogens with zero attached hydrogens (tertiary/aromatic N) is 1. The minimum Gasteiger partial charge on any atom is -0.508 e. The molecule has 2 aromatic carbocycles. The first kappa shape index (κ1) is 13.7. The summed E-state index contributed by atoms with van der Waals surface area (Å²) in [4.78, 5) is 26.6. The zero-order valence-corrected chi connectivity index (χ0v) is 12.0. The molecule has 1 aliphatic rings. The zero-order valence-electron chi connectivity index (χ0n) is 11.2. The first-order valence-corrected chi connectivity index (χ1v) is 7.52. The molecular formula is C16H13NO3S. The fraction of sp³-hybridized carbons (Fsp3) is 0.125. The summed E-state index contributed by atoms with van der Waals surface area (Å²) in [6.07, 6.45) is 0. The molecule has 0 aliphatic carbocycles. The number of thioether (sulfide) groups is 1. The summed E-state index contributed by atoms with van der Waals surface area (Å²) < 4.78 is 0. The fourth-order valence-corrected chi connectivity index (χ4v) is 3.08. The Hall–Kier alpha value is -2.27. The van der Waals surface area contributed by atoms with E-state index in [4.69, 9.17) is 0 Å². The molecule has 1 N–H and O–H groups in total. The van der Waals surface area contributed by atoms with Crippen LogP contribution in [0.4, 0.5) is 0 Å². The highest BCUT2D eigenvalue weighted by molar-refractivity contribution is 7.99. The van der Waals surface area contributed by atoms with E-state index in [-0.39, 0.29) is 17.6 Å². The van der Waals surface area contributed by atoms with Gasteiger partial charge in [-0.25, -0.2) is 0 Å². The Morgan fingerprint density at radius 2 is 1.48 bits per heavy atom. The SMILES string of the molecule is O=C1c2ccccc2C(=O)N1CCSc1ccc(O)cc1. The molecule has 0 spiro atoms. The number of aromatic hydroxyl groups is 1. The number of imide groups is 1. The highest BCUT2D eigenvalue weighted by Gasteiger charge is 2.34. The van der Waals surface area contributed by atoms with Crippen molar-refractivity contribution in [3.05, 3.63) is 59.7 Å². The maximum atomic E-state index is 12.2. The standard InChI is InChI=1S/C16H13NO3S/c18-11-5-7-12(8-6-11)21-10-9-17-15(19)13-3-1-2-4-14(13)16(17)20/h1-8,18H,9-10H2. The summed E-state index contributed by atoms with van der Waals surface area (Å²) >= 11 is 1.54. The molecule has 3 rings (SSSR count). The average molecular weight is 299 g/mol. The molecule has 0 bridgehead atoms. The third-order valence-electron chi connectivity index (χ3n) is 3.30. The maximum absolute atomic E-state index is 12.2. The molecule has 0 unspecified atom stereocenters. The quantitative estimate of drug-likeness (QED) is 0.696. The summed E-state index contributed by atoms with van der Waals surface area (Å²) in [7, 11) is 0. The highest BCUT2D eigenvalue weighted by Crippen LogP contribution is 2.25. The zero-order chi connectivity index (χ0) is 14.8. The number of carbonyl (C=O) groups is 2. The summed E-state index contributed by atoms with van der Waals surface area (Å²) in [6, 6.07) is 13.7. The monoisotopic (exact) mass is 299 g/mol. The second kappa shape index (κ2) is 5.61. The second-order valence-corrected chi connectivity index (χ2v) is 5.82. The third-order valence-corrected chi connectivity index (χ3v) is 4.29. The van der Waals surface area contributed by atoms with Crippen LogP contribution >= 0.6 is 11.8 Å². The number of rotatable bonds is 4. The molecule has 0 aromatic heterocycles. The number of carbonyl (C=O) groups excluding carboxylic acids is 2. The van der Waals surface area contributed by atoms with Gasteiger partial charge >= 0.3 is 0 Å². The molecule has 0 saturated heterocycles. The minimum absolute atomic E-state index is 0.220. The van der Waals surface area contributed by atoms with E-state index in [0.29, 0.717) is 23.4 Å². The van der Waals surface area contributed by atoms with Crippen LogP contribution in [0.2, 0.25) is 0 Å². The predicted octanol–water partition coefficient (Wildman–Crippen LogP) is 2.78. The van der Waals surface area contributed by atoms with Gasteiger partial charge in [0.05, 0.1) is 11.1 Å². The van der Waals surface area contributed by atoms with E-state index in [1.165, 1.54) is 4.90 Å². The number of hydrogen-bond donors (Lipinski definition) is 1. The van der Waals surface area contributed by atoms with Crippen LogP contribution in [0, 0.1) is 0 Å². The molecule has 2 aromatic rings. The largest absolute Gasteiger partial charge is 0.508 e. The van der Waals surface area contributed by atoms with Crippen molar-refractivity contribution >= 4 is 23.6 Å². The van der Waals surface area contributed by atoms with Crippen LogP contribution in [-0.2, 0) is 0 Å². The lowest BCUT2D eigenvalue weighted by Gasteiger charge is -2.13. The van der Waals surface area contributed by atoms with Gasteiger partial charge in [-0.2, -0.15) is 0 Å². The molecule has 5 heteroatoms. The van der Waals surface area contributed by atoms with Gasteiger partial charge in [-0.1, -0.05) is 12.1 Å². The molecule has 0 radical (unpaired) electrons. The van der Waals surface area contributed by atoms with Crippen LogP contribution in [0.15, 0.2) is 53.4 Å². The number of benzene rings is 2. The van der Waals surface area contributed by atoms with E-state index in [9.17, 15) is 14.7 Å². The number of amides is 2. The molecule has 4 nitrogen and oxygen atoms in total. The smallest absolute Gasteiger partial charge is 0.261 e. The Balaban J connectivity index is 1.63. The topological polar surface area (TPSA) is 57.6 Å². The Bertz CT molecular complexity index is 662. The highest BCUT2D eigenvalue weighted by atomic mass is 32.2. The van der Waals surface area contributed by atoms with Crippen LogP contribution < -0.4 is 0 Å². The molecule has 1 heterocycles.